The maximum absolute atomic E-state index is 14.4. The predicted octanol–water partition coefficient (Wildman–Crippen LogP) is 5.58. The Morgan fingerprint density at radius 1 is 1.03 bits per heavy atom. The molecule has 5 rings (SSSR count). The van der Waals surface area contributed by atoms with E-state index in [2.05, 4.69) is 56.0 Å². The Balaban J connectivity index is 1.72. The third-order valence-corrected chi connectivity index (χ3v) is 7.32. The van der Waals surface area contributed by atoms with Crippen molar-refractivity contribution in [2.24, 2.45) is 11.8 Å². The fraction of sp³-hybridized carbons (Fsp3) is 0.241. The van der Waals surface area contributed by atoms with Crippen LogP contribution in [0.15, 0.2) is 91.5 Å². The maximum Gasteiger partial charge on any atom is 0.238 e. The smallest absolute Gasteiger partial charge is 0.238 e. The van der Waals surface area contributed by atoms with Crippen molar-refractivity contribution in [2.75, 3.05) is 4.90 Å². The van der Waals surface area contributed by atoms with Crippen molar-refractivity contribution in [2.45, 2.75) is 31.2 Å². The summed E-state index contributed by atoms with van der Waals surface area (Å²) in [4.78, 5) is 28.7. The normalized spacial score (nSPS) is 26.3. The first-order chi connectivity index (χ1) is 15.6. The van der Waals surface area contributed by atoms with Crippen LogP contribution in [0, 0.1) is 18.8 Å². The average molecular weight is 422 g/mol. The van der Waals surface area contributed by atoms with Gasteiger partial charge in [0.05, 0.1) is 12.0 Å². The van der Waals surface area contributed by atoms with Crippen LogP contribution in [-0.2, 0) is 21.5 Å². The van der Waals surface area contributed by atoms with E-state index >= 15 is 0 Å². The number of amides is 1. The van der Waals surface area contributed by atoms with Crippen molar-refractivity contribution in [1.29, 1.82) is 0 Å². The van der Waals surface area contributed by atoms with Gasteiger partial charge in [-0.1, -0.05) is 84.4 Å². The van der Waals surface area contributed by atoms with Gasteiger partial charge >= 0.3 is 0 Å². The van der Waals surface area contributed by atoms with Crippen LogP contribution in [0.5, 0.6) is 0 Å². The molecule has 2 aliphatic rings. The number of fused-ring (bicyclic) bond motifs is 2. The summed E-state index contributed by atoms with van der Waals surface area (Å²) in [5.74, 6) is -0.472. The molecule has 160 valence electrons. The summed E-state index contributed by atoms with van der Waals surface area (Å²) in [5.41, 5.74) is 4.47. The fourth-order valence-electron chi connectivity index (χ4n) is 5.93. The van der Waals surface area contributed by atoms with Crippen molar-refractivity contribution in [3.05, 3.63) is 114 Å². The van der Waals surface area contributed by atoms with E-state index in [1.807, 2.05) is 47.4 Å². The maximum atomic E-state index is 14.4. The Labute approximate surface area is 189 Å². The van der Waals surface area contributed by atoms with Crippen LogP contribution in [0.4, 0.5) is 5.69 Å². The molecule has 1 fully saturated rings. The SMILES string of the molecule is C=C[C@H]1C[C@@]2(C(=O)N(Cc3ccccc3)c3ccc(C)cc32)[C@H](c2ccccc2)[C@H]1C=O. The number of nitrogens with zero attached hydrogens (tertiary/aromatic N) is 1. The zero-order valence-corrected chi connectivity index (χ0v) is 18.3. The molecule has 1 spiro atoms. The van der Waals surface area contributed by atoms with Crippen LogP contribution in [-0.4, -0.2) is 12.2 Å². The number of rotatable bonds is 5. The molecule has 1 aliphatic carbocycles. The van der Waals surface area contributed by atoms with Gasteiger partial charge in [0.2, 0.25) is 5.91 Å². The van der Waals surface area contributed by atoms with Gasteiger partial charge < -0.3 is 9.69 Å². The molecular weight excluding hydrogens is 394 g/mol. The lowest BCUT2D eigenvalue weighted by Gasteiger charge is -2.32. The molecule has 0 aromatic heterocycles. The van der Waals surface area contributed by atoms with Gasteiger partial charge in [0.15, 0.2) is 0 Å². The van der Waals surface area contributed by atoms with Crippen LogP contribution < -0.4 is 4.90 Å². The van der Waals surface area contributed by atoms with Crippen LogP contribution in [0.1, 0.15) is 34.6 Å². The minimum Gasteiger partial charge on any atom is -0.307 e. The second-order valence-electron chi connectivity index (χ2n) is 9.07. The first kappa shape index (κ1) is 20.4. The lowest BCUT2D eigenvalue weighted by Crippen LogP contribution is -2.43. The van der Waals surface area contributed by atoms with Gasteiger partial charge in [0.1, 0.15) is 6.29 Å². The highest BCUT2D eigenvalue weighted by Crippen LogP contribution is 2.62. The Hall–Kier alpha value is -3.46. The number of hydrogen-bond donors (Lipinski definition) is 0. The predicted molar refractivity (Wildman–Crippen MR) is 128 cm³/mol. The van der Waals surface area contributed by atoms with Crippen LogP contribution in [0.25, 0.3) is 0 Å². The van der Waals surface area contributed by atoms with E-state index in [1.54, 1.807) is 0 Å². The largest absolute Gasteiger partial charge is 0.307 e. The molecule has 0 radical (unpaired) electrons. The van der Waals surface area contributed by atoms with Crippen molar-refractivity contribution in [3.8, 4) is 0 Å². The monoisotopic (exact) mass is 421 g/mol. The van der Waals surface area contributed by atoms with E-state index in [9.17, 15) is 9.59 Å². The number of aryl methyl sites for hydroxylation is 1. The molecule has 0 saturated heterocycles. The van der Waals surface area contributed by atoms with Gasteiger partial charge in [-0.05, 0) is 42.0 Å². The molecule has 32 heavy (non-hydrogen) atoms. The number of hydrogen-bond acceptors (Lipinski definition) is 2. The Morgan fingerprint density at radius 2 is 1.72 bits per heavy atom. The fourth-order valence-corrected chi connectivity index (χ4v) is 5.93. The van der Waals surface area contributed by atoms with E-state index in [-0.39, 0.29) is 23.7 Å². The standard InChI is InChI=1S/C29H27NO2/c1-3-22-17-29(27(24(22)19-31)23-12-8-5-9-13-23)25-16-20(2)14-15-26(25)30(28(29)32)18-21-10-6-4-7-11-21/h3-16,19,22,24,27H,1,17-18H2,2H3/t22-,24-,27+,29-/m0/s1. The summed E-state index contributed by atoms with van der Waals surface area (Å²) < 4.78 is 0. The quantitative estimate of drug-likeness (QED) is 0.398. The lowest BCUT2D eigenvalue weighted by atomic mass is 9.68. The van der Waals surface area contributed by atoms with E-state index in [0.717, 1.165) is 34.2 Å². The number of benzene rings is 3. The highest BCUT2D eigenvalue weighted by atomic mass is 16.2. The third kappa shape index (κ3) is 2.96. The second kappa shape index (κ2) is 7.90. The zero-order valence-electron chi connectivity index (χ0n) is 18.3. The number of aldehydes is 1. The van der Waals surface area contributed by atoms with Gasteiger partial charge in [-0.25, -0.2) is 0 Å². The van der Waals surface area contributed by atoms with E-state index in [4.69, 9.17) is 0 Å². The van der Waals surface area contributed by atoms with Gasteiger partial charge in [-0.3, -0.25) is 4.79 Å². The first-order valence-electron chi connectivity index (χ1n) is 11.2. The third-order valence-electron chi connectivity index (χ3n) is 7.32. The van der Waals surface area contributed by atoms with Crippen molar-refractivity contribution >= 4 is 17.9 Å². The number of anilines is 1. The second-order valence-corrected chi connectivity index (χ2v) is 9.07. The summed E-state index contributed by atoms with van der Waals surface area (Å²) in [7, 11) is 0. The molecule has 3 heteroatoms. The molecule has 1 saturated carbocycles. The van der Waals surface area contributed by atoms with Gasteiger partial charge in [-0.2, -0.15) is 0 Å². The Bertz CT molecular complexity index is 1170. The summed E-state index contributed by atoms with van der Waals surface area (Å²) in [5, 5.41) is 0. The summed E-state index contributed by atoms with van der Waals surface area (Å²) >= 11 is 0. The summed E-state index contributed by atoms with van der Waals surface area (Å²) in [6, 6.07) is 26.4. The van der Waals surface area contributed by atoms with Crippen LogP contribution in [0.2, 0.25) is 0 Å². The van der Waals surface area contributed by atoms with Crippen molar-refractivity contribution in [1.82, 2.24) is 0 Å². The lowest BCUT2D eigenvalue weighted by molar-refractivity contribution is -0.124. The summed E-state index contributed by atoms with van der Waals surface area (Å²) in [6.45, 7) is 6.60. The van der Waals surface area contributed by atoms with Gasteiger partial charge in [-0.15, -0.1) is 6.58 Å². The molecule has 0 unspecified atom stereocenters. The molecule has 3 aromatic rings. The van der Waals surface area contributed by atoms with E-state index < -0.39 is 5.41 Å². The van der Waals surface area contributed by atoms with Crippen molar-refractivity contribution < 1.29 is 9.59 Å². The molecule has 0 N–H and O–H groups in total. The highest BCUT2D eigenvalue weighted by Gasteiger charge is 2.63. The molecular formula is C29H27NO2. The highest BCUT2D eigenvalue weighted by molar-refractivity contribution is 6.09. The number of carbonyl (C=O) groups excluding carboxylic acids is 2. The minimum atomic E-state index is -0.776. The van der Waals surface area contributed by atoms with E-state index in [1.165, 1.54) is 0 Å². The zero-order chi connectivity index (χ0) is 22.3. The molecule has 3 nitrogen and oxygen atoms in total. The average Bonchev–Trinajstić information content (AvgIpc) is 3.28. The topological polar surface area (TPSA) is 37.4 Å². The van der Waals surface area contributed by atoms with Crippen molar-refractivity contribution in [3.63, 3.8) is 0 Å². The molecule has 0 bridgehead atoms. The number of allylic oxidation sites excluding steroid dienone is 1. The van der Waals surface area contributed by atoms with Gasteiger partial charge in [0, 0.05) is 17.5 Å². The Morgan fingerprint density at radius 3 is 2.38 bits per heavy atom. The molecule has 1 aliphatic heterocycles. The minimum absolute atomic E-state index is 0.0494. The first-order valence-corrected chi connectivity index (χ1v) is 11.2. The molecule has 1 heterocycles. The summed E-state index contributed by atoms with van der Waals surface area (Å²) in [6.07, 6.45) is 3.51. The number of carbonyl (C=O) groups is 2. The van der Waals surface area contributed by atoms with E-state index in [0.29, 0.717) is 13.0 Å². The molecule has 3 aromatic carbocycles. The van der Waals surface area contributed by atoms with Crippen LogP contribution >= 0.6 is 0 Å². The molecule has 4 atom stereocenters. The van der Waals surface area contributed by atoms with Gasteiger partial charge in [0.25, 0.3) is 0 Å². The Kier molecular flexibility index (Phi) is 5.05. The van der Waals surface area contributed by atoms with Crippen LogP contribution in [0.3, 0.4) is 0 Å². The molecule has 1 amide bonds.